The summed E-state index contributed by atoms with van der Waals surface area (Å²) in [6.07, 6.45) is 1.79. The fraction of sp³-hybridized carbons (Fsp3) is 0.875. The van der Waals surface area contributed by atoms with Gasteiger partial charge < -0.3 is 15.7 Å². The molecule has 0 aromatic rings. The number of rotatable bonds is 5. The van der Waals surface area contributed by atoms with Crippen LogP contribution >= 0.6 is 0 Å². The first-order valence-electron chi connectivity index (χ1n) is 8.12. The summed E-state index contributed by atoms with van der Waals surface area (Å²) >= 11 is 0. The third kappa shape index (κ3) is 4.51. The summed E-state index contributed by atoms with van der Waals surface area (Å²) in [5, 5.41) is 17.1. The van der Waals surface area contributed by atoms with Gasteiger partial charge in [0.2, 0.25) is 11.8 Å². The predicted octanol–water partition coefficient (Wildman–Crippen LogP) is 0.395. The van der Waals surface area contributed by atoms with Crippen LogP contribution in [0.5, 0.6) is 0 Å². The summed E-state index contributed by atoms with van der Waals surface area (Å²) < 4.78 is 0. The number of hydrogen-bond donors (Lipinski definition) is 3. The molecule has 126 valence electrons. The Bertz CT molecular complexity index is 416. The van der Waals surface area contributed by atoms with Crippen molar-refractivity contribution in [2.45, 2.75) is 76.6 Å². The van der Waals surface area contributed by atoms with Crippen LogP contribution in [0.3, 0.4) is 0 Å². The molecule has 0 radical (unpaired) electrons. The van der Waals surface area contributed by atoms with E-state index in [2.05, 4.69) is 38.3 Å². The van der Waals surface area contributed by atoms with Crippen LogP contribution in [-0.4, -0.2) is 58.1 Å². The zero-order valence-corrected chi connectivity index (χ0v) is 14.1. The van der Waals surface area contributed by atoms with Gasteiger partial charge in [-0.05, 0) is 40.5 Å². The molecule has 0 aromatic heterocycles. The number of aliphatic hydroxyl groups excluding tert-OH is 1. The van der Waals surface area contributed by atoms with Crippen molar-refractivity contribution in [3.8, 4) is 0 Å². The van der Waals surface area contributed by atoms with E-state index in [0.29, 0.717) is 12.6 Å². The summed E-state index contributed by atoms with van der Waals surface area (Å²) in [5.41, 5.74) is 0.0938. The largest absolute Gasteiger partial charge is 0.390 e. The highest BCUT2D eigenvalue weighted by Gasteiger charge is 2.37. The highest BCUT2D eigenvalue weighted by molar-refractivity contribution is 6.01. The molecular formula is C16H29N3O3. The number of amides is 2. The van der Waals surface area contributed by atoms with Gasteiger partial charge in [0, 0.05) is 36.5 Å². The molecule has 2 rings (SSSR count). The van der Waals surface area contributed by atoms with Crippen LogP contribution in [0.15, 0.2) is 0 Å². The third-order valence-corrected chi connectivity index (χ3v) is 4.38. The summed E-state index contributed by atoms with van der Waals surface area (Å²) in [6.45, 7) is 9.22. The summed E-state index contributed by atoms with van der Waals surface area (Å²) in [4.78, 5) is 24.3. The molecule has 2 aliphatic heterocycles. The van der Waals surface area contributed by atoms with Gasteiger partial charge in [-0.1, -0.05) is 0 Å². The van der Waals surface area contributed by atoms with E-state index in [1.807, 2.05) is 0 Å². The Morgan fingerprint density at radius 1 is 1.18 bits per heavy atom. The Morgan fingerprint density at radius 2 is 1.68 bits per heavy atom. The molecule has 2 fully saturated rings. The van der Waals surface area contributed by atoms with Crippen molar-refractivity contribution in [1.82, 2.24) is 15.5 Å². The molecule has 0 spiro atoms. The van der Waals surface area contributed by atoms with Crippen molar-refractivity contribution in [1.29, 1.82) is 0 Å². The minimum Gasteiger partial charge on any atom is -0.390 e. The van der Waals surface area contributed by atoms with Crippen LogP contribution < -0.4 is 10.6 Å². The molecule has 0 aliphatic carbocycles. The van der Waals surface area contributed by atoms with Gasteiger partial charge in [0.1, 0.15) is 0 Å². The number of nitrogens with one attached hydrogen (secondary N) is 2. The standard InChI is InChI=1S/C16H29N3O3/c1-15(2)7-11(8-16(3,4)18-15)17-9-12(20)10-19-13(21)5-6-14(19)22/h11-12,17-18,20H,5-10H2,1-4H3. The maximum Gasteiger partial charge on any atom is 0.229 e. The highest BCUT2D eigenvalue weighted by Crippen LogP contribution is 2.28. The van der Waals surface area contributed by atoms with Crippen molar-refractivity contribution in [3.63, 3.8) is 0 Å². The first kappa shape index (κ1) is 17.4. The SMILES string of the molecule is CC1(C)CC(NCC(O)CN2C(=O)CCC2=O)CC(C)(C)N1. The summed E-state index contributed by atoms with van der Waals surface area (Å²) in [6, 6.07) is 0.311. The number of aliphatic hydroxyl groups is 1. The average molecular weight is 311 g/mol. The van der Waals surface area contributed by atoms with E-state index >= 15 is 0 Å². The van der Waals surface area contributed by atoms with Crippen molar-refractivity contribution in [3.05, 3.63) is 0 Å². The zero-order valence-electron chi connectivity index (χ0n) is 14.1. The predicted molar refractivity (Wildman–Crippen MR) is 84.3 cm³/mol. The van der Waals surface area contributed by atoms with Gasteiger partial charge in [0.15, 0.2) is 0 Å². The van der Waals surface area contributed by atoms with Crippen LogP contribution in [0, 0.1) is 0 Å². The van der Waals surface area contributed by atoms with Crippen LogP contribution in [0.2, 0.25) is 0 Å². The van der Waals surface area contributed by atoms with Crippen LogP contribution in [-0.2, 0) is 9.59 Å². The van der Waals surface area contributed by atoms with Crippen molar-refractivity contribution in [2.75, 3.05) is 13.1 Å². The lowest BCUT2D eigenvalue weighted by molar-refractivity contribution is -0.139. The van der Waals surface area contributed by atoms with E-state index in [-0.39, 0.29) is 42.3 Å². The highest BCUT2D eigenvalue weighted by atomic mass is 16.3. The molecule has 0 bridgehead atoms. The number of piperidine rings is 1. The fourth-order valence-corrected chi connectivity index (χ4v) is 3.87. The number of carbonyl (C=O) groups excluding carboxylic acids is 2. The van der Waals surface area contributed by atoms with Gasteiger partial charge in [0.05, 0.1) is 12.6 Å². The second kappa shape index (κ2) is 6.26. The molecule has 22 heavy (non-hydrogen) atoms. The van der Waals surface area contributed by atoms with Crippen LogP contribution in [0.1, 0.15) is 53.4 Å². The second-order valence-corrected chi connectivity index (χ2v) is 7.96. The first-order valence-corrected chi connectivity index (χ1v) is 8.12. The molecule has 2 saturated heterocycles. The van der Waals surface area contributed by atoms with E-state index in [9.17, 15) is 14.7 Å². The Hall–Kier alpha value is -0.980. The van der Waals surface area contributed by atoms with E-state index in [4.69, 9.17) is 0 Å². The molecule has 1 atom stereocenters. The topological polar surface area (TPSA) is 81.7 Å². The van der Waals surface area contributed by atoms with Gasteiger partial charge in [-0.2, -0.15) is 0 Å². The molecule has 6 nitrogen and oxygen atoms in total. The van der Waals surface area contributed by atoms with Gasteiger partial charge in [0.25, 0.3) is 0 Å². The fourth-order valence-electron chi connectivity index (χ4n) is 3.87. The molecule has 0 saturated carbocycles. The Labute approximate surface area is 132 Å². The number of imide groups is 1. The normalized spacial score (nSPS) is 26.5. The van der Waals surface area contributed by atoms with Gasteiger partial charge >= 0.3 is 0 Å². The summed E-state index contributed by atoms with van der Waals surface area (Å²) in [5.74, 6) is -0.346. The van der Waals surface area contributed by atoms with E-state index in [1.54, 1.807) is 0 Å². The molecule has 3 N–H and O–H groups in total. The van der Waals surface area contributed by atoms with Gasteiger partial charge in [-0.25, -0.2) is 0 Å². The number of hydrogen-bond acceptors (Lipinski definition) is 5. The summed E-state index contributed by atoms with van der Waals surface area (Å²) in [7, 11) is 0. The lowest BCUT2D eigenvalue weighted by Gasteiger charge is -2.47. The minimum absolute atomic E-state index is 0.0469. The first-order chi connectivity index (χ1) is 10.1. The van der Waals surface area contributed by atoms with Crippen molar-refractivity contribution in [2.24, 2.45) is 0 Å². The zero-order chi connectivity index (χ0) is 16.5. The molecule has 6 heteroatoms. The van der Waals surface area contributed by atoms with E-state index in [1.165, 1.54) is 4.90 Å². The van der Waals surface area contributed by atoms with Crippen LogP contribution in [0.4, 0.5) is 0 Å². The number of nitrogens with zero attached hydrogens (tertiary/aromatic N) is 1. The quantitative estimate of drug-likeness (QED) is 0.640. The minimum atomic E-state index is -0.716. The maximum absolute atomic E-state index is 11.6. The van der Waals surface area contributed by atoms with Gasteiger partial charge in [-0.15, -0.1) is 0 Å². The number of likely N-dealkylation sites (tertiary alicyclic amines) is 1. The Kier molecular flexibility index (Phi) is 4.94. The van der Waals surface area contributed by atoms with Crippen molar-refractivity contribution >= 4 is 11.8 Å². The van der Waals surface area contributed by atoms with Crippen LogP contribution in [0.25, 0.3) is 0 Å². The number of carbonyl (C=O) groups is 2. The Balaban J connectivity index is 1.82. The molecule has 2 heterocycles. The van der Waals surface area contributed by atoms with E-state index < -0.39 is 6.10 Å². The third-order valence-electron chi connectivity index (χ3n) is 4.38. The lowest BCUT2D eigenvalue weighted by Crippen LogP contribution is -2.62. The molecular weight excluding hydrogens is 282 g/mol. The second-order valence-electron chi connectivity index (χ2n) is 7.96. The van der Waals surface area contributed by atoms with E-state index in [0.717, 1.165) is 12.8 Å². The lowest BCUT2D eigenvalue weighted by atomic mass is 9.79. The molecule has 1 unspecified atom stereocenters. The molecule has 0 aromatic carbocycles. The van der Waals surface area contributed by atoms with Crippen molar-refractivity contribution < 1.29 is 14.7 Å². The Morgan fingerprint density at radius 3 is 2.18 bits per heavy atom. The smallest absolute Gasteiger partial charge is 0.229 e. The van der Waals surface area contributed by atoms with Gasteiger partial charge in [-0.3, -0.25) is 14.5 Å². The molecule has 2 aliphatic rings. The monoisotopic (exact) mass is 311 g/mol. The molecule has 2 amide bonds. The maximum atomic E-state index is 11.6. The number of β-amino-alcohol motifs (C(OH)–C–C–N with tert-alkyl or cyclic N) is 1. The average Bonchev–Trinajstić information content (AvgIpc) is 2.64.